The van der Waals surface area contributed by atoms with Crippen molar-refractivity contribution in [1.29, 1.82) is 0 Å². The molecule has 1 heterocycles. The molecule has 1 aromatic heterocycles. The minimum Gasteiger partial charge on any atom is -0.508 e. The molecule has 2 N–H and O–H groups in total. The number of hydrogen-bond donors (Lipinski definition) is 2. The molecule has 0 spiro atoms. The van der Waals surface area contributed by atoms with Crippen molar-refractivity contribution in [2.75, 3.05) is 0 Å². The lowest BCUT2D eigenvalue weighted by Crippen LogP contribution is -2.30. The molecule has 2 aromatic rings. The maximum atomic E-state index is 9.49. The van der Waals surface area contributed by atoms with Gasteiger partial charge in [0.05, 0.1) is 0 Å². The van der Waals surface area contributed by atoms with Crippen LogP contribution in [0.25, 0.3) is 0 Å². The van der Waals surface area contributed by atoms with E-state index >= 15 is 0 Å². The maximum absolute atomic E-state index is 9.49. The summed E-state index contributed by atoms with van der Waals surface area (Å²) in [5.41, 5.74) is 1.10. The molecule has 102 valence electrons. The molecule has 0 aliphatic heterocycles. The van der Waals surface area contributed by atoms with E-state index in [2.05, 4.69) is 24.3 Å². The van der Waals surface area contributed by atoms with E-state index in [9.17, 15) is 5.11 Å². The SMILES string of the molecule is CC(CCn1cccn1)N[C@H](C)c1cccc(O)c1. The molecule has 19 heavy (non-hydrogen) atoms. The zero-order chi connectivity index (χ0) is 13.7. The zero-order valence-electron chi connectivity index (χ0n) is 11.5. The van der Waals surface area contributed by atoms with Gasteiger partial charge in [-0.15, -0.1) is 0 Å². The normalized spacial score (nSPS) is 14.2. The Balaban J connectivity index is 1.83. The predicted octanol–water partition coefficient (Wildman–Crippen LogP) is 2.72. The molecule has 1 unspecified atom stereocenters. The molecular weight excluding hydrogens is 238 g/mol. The summed E-state index contributed by atoms with van der Waals surface area (Å²) in [7, 11) is 0. The van der Waals surface area contributed by atoms with Crippen molar-refractivity contribution >= 4 is 0 Å². The molecule has 0 aliphatic rings. The highest BCUT2D eigenvalue weighted by molar-refractivity contribution is 5.29. The number of aryl methyl sites for hydroxylation is 1. The second kappa shape index (κ2) is 6.38. The largest absolute Gasteiger partial charge is 0.508 e. The van der Waals surface area contributed by atoms with Crippen LogP contribution < -0.4 is 5.32 Å². The fourth-order valence-electron chi connectivity index (χ4n) is 2.16. The van der Waals surface area contributed by atoms with Gasteiger partial charge in [-0.05, 0) is 44.0 Å². The van der Waals surface area contributed by atoms with E-state index in [1.165, 1.54) is 0 Å². The lowest BCUT2D eigenvalue weighted by molar-refractivity contribution is 0.419. The molecule has 0 saturated carbocycles. The van der Waals surface area contributed by atoms with E-state index < -0.39 is 0 Å². The summed E-state index contributed by atoms with van der Waals surface area (Å²) in [5, 5.41) is 17.2. The van der Waals surface area contributed by atoms with Gasteiger partial charge in [-0.2, -0.15) is 5.10 Å². The average molecular weight is 259 g/mol. The van der Waals surface area contributed by atoms with Crippen LogP contribution in [0.5, 0.6) is 5.75 Å². The minimum absolute atomic E-state index is 0.222. The number of aromatic nitrogens is 2. The number of benzene rings is 1. The molecule has 1 aromatic carbocycles. The Labute approximate surface area is 114 Å². The topological polar surface area (TPSA) is 50.1 Å². The Morgan fingerprint density at radius 2 is 2.16 bits per heavy atom. The Morgan fingerprint density at radius 3 is 2.84 bits per heavy atom. The highest BCUT2D eigenvalue weighted by Crippen LogP contribution is 2.18. The van der Waals surface area contributed by atoms with Crippen LogP contribution in [0, 0.1) is 0 Å². The van der Waals surface area contributed by atoms with Crippen molar-refractivity contribution in [3.05, 3.63) is 48.3 Å². The molecule has 0 radical (unpaired) electrons. The monoisotopic (exact) mass is 259 g/mol. The van der Waals surface area contributed by atoms with Crippen molar-refractivity contribution in [3.63, 3.8) is 0 Å². The lowest BCUT2D eigenvalue weighted by Gasteiger charge is -2.20. The smallest absolute Gasteiger partial charge is 0.115 e. The van der Waals surface area contributed by atoms with Crippen molar-refractivity contribution in [2.24, 2.45) is 0 Å². The van der Waals surface area contributed by atoms with Gasteiger partial charge in [0, 0.05) is 31.0 Å². The van der Waals surface area contributed by atoms with Gasteiger partial charge < -0.3 is 10.4 Å². The van der Waals surface area contributed by atoms with Gasteiger partial charge in [0.2, 0.25) is 0 Å². The van der Waals surface area contributed by atoms with Crippen molar-refractivity contribution in [3.8, 4) is 5.75 Å². The van der Waals surface area contributed by atoms with E-state index in [1.54, 1.807) is 18.3 Å². The van der Waals surface area contributed by atoms with Crippen LogP contribution >= 0.6 is 0 Å². The molecule has 2 rings (SSSR count). The summed E-state index contributed by atoms with van der Waals surface area (Å²) >= 11 is 0. The molecule has 0 aliphatic carbocycles. The van der Waals surface area contributed by atoms with Crippen molar-refractivity contribution in [2.45, 2.75) is 38.9 Å². The molecule has 2 atom stereocenters. The van der Waals surface area contributed by atoms with E-state index in [4.69, 9.17) is 0 Å². The Hall–Kier alpha value is -1.81. The number of hydrogen-bond acceptors (Lipinski definition) is 3. The van der Waals surface area contributed by atoms with E-state index in [0.717, 1.165) is 18.5 Å². The van der Waals surface area contributed by atoms with Gasteiger partial charge in [-0.25, -0.2) is 0 Å². The third-order valence-electron chi connectivity index (χ3n) is 3.26. The second-order valence-electron chi connectivity index (χ2n) is 4.94. The van der Waals surface area contributed by atoms with Crippen LogP contribution in [-0.2, 0) is 6.54 Å². The van der Waals surface area contributed by atoms with Gasteiger partial charge >= 0.3 is 0 Å². The Bertz CT molecular complexity index is 496. The summed E-state index contributed by atoms with van der Waals surface area (Å²) in [6.45, 7) is 5.19. The third-order valence-corrected chi connectivity index (χ3v) is 3.26. The second-order valence-corrected chi connectivity index (χ2v) is 4.94. The standard InChI is InChI=1S/C15H21N3O/c1-12(7-10-18-9-4-8-16-18)17-13(2)14-5-3-6-15(19)11-14/h3-6,8-9,11-13,17,19H,7,10H2,1-2H3/t12?,13-/m1/s1. The average Bonchev–Trinajstić information content (AvgIpc) is 2.89. The summed E-state index contributed by atoms with van der Waals surface area (Å²) in [6, 6.07) is 9.94. The maximum Gasteiger partial charge on any atom is 0.115 e. The van der Waals surface area contributed by atoms with Gasteiger partial charge in [0.25, 0.3) is 0 Å². The molecule has 0 amide bonds. The Kier molecular flexibility index (Phi) is 4.58. The first-order valence-corrected chi connectivity index (χ1v) is 6.67. The van der Waals surface area contributed by atoms with Crippen LogP contribution in [0.2, 0.25) is 0 Å². The fourth-order valence-corrected chi connectivity index (χ4v) is 2.16. The summed E-state index contributed by atoms with van der Waals surface area (Å²) in [4.78, 5) is 0. The van der Waals surface area contributed by atoms with Crippen LogP contribution in [0.4, 0.5) is 0 Å². The van der Waals surface area contributed by atoms with Gasteiger partial charge in [0.1, 0.15) is 5.75 Å². The molecule has 4 heteroatoms. The zero-order valence-corrected chi connectivity index (χ0v) is 11.5. The number of phenols is 1. The van der Waals surface area contributed by atoms with E-state index in [0.29, 0.717) is 11.8 Å². The number of nitrogens with one attached hydrogen (secondary N) is 1. The van der Waals surface area contributed by atoms with Crippen LogP contribution in [0.3, 0.4) is 0 Å². The quantitative estimate of drug-likeness (QED) is 0.838. The van der Waals surface area contributed by atoms with Gasteiger partial charge in [-0.1, -0.05) is 12.1 Å². The lowest BCUT2D eigenvalue weighted by atomic mass is 10.1. The molecule has 0 fully saturated rings. The van der Waals surface area contributed by atoms with Crippen LogP contribution in [-0.4, -0.2) is 20.9 Å². The number of phenolic OH excluding ortho intramolecular Hbond substituents is 1. The Morgan fingerprint density at radius 1 is 1.32 bits per heavy atom. The molecule has 0 saturated heterocycles. The fraction of sp³-hybridized carbons (Fsp3) is 0.400. The summed E-state index contributed by atoms with van der Waals surface area (Å²) in [6.07, 6.45) is 4.80. The summed E-state index contributed by atoms with van der Waals surface area (Å²) in [5.74, 6) is 0.315. The molecular formula is C15H21N3O. The number of aromatic hydroxyl groups is 1. The minimum atomic E-state index is 0.222. The highest BCUT2D eigenvalue weighted by atomic mass is 16.3. The van der Waals surface area contributed by atoms with Crippen LogP contribution in [0.15, 0.2) is 42.7 Å². The van der Waals surface area contributed by atoms with Crippen LogP contribution in [0.1, 0.15) is 31.9 Å². The van der Waals surface area contributed by atoms with Gasteiger partial charge in [0.15, 0.2) is 0 Å². The summed E-state index contributed by atoms with van der Waals surface area (Å²) < 4.78 is 1.94. The highest BCUT2D eigenvalue weighted by Gasteiger charge is 2.10. The van der Waals surface area contributed by atoms with E-state index in [-0.39, 0.29) is 6.04 Å². The van der Waals surface area contributed by atoms with E-state index in [1.807, 2.05) is 29.1 Å². The molecule has 4 nitrogen and oxygen atoms in total. The molecule has 0 bridgehead atoms. The number of rotatable bonds is 6. The predicted molar refractivity (Wildman–Crippen MR) is 76.0 cm³/mol. The van der Waals surface area contributed by atoms with Gasteiger partial charge in [-0.3, -0.25) is 4.68 Å². The third kappa shape index (κ3) is 4.10. The van der Waals surface area contributed by atoms with Crippen molar-refractivity contribution in [1.82, 2.24) is 15.1 Å². The first kappa shape index (κ1) is 13.6. The van der Waals surface area contributed by atoms with Crippen molar-refractivity contribution < 1.29 is 5.11 Å². The number of nitrogens with zero attached hydrogens (tertiary/aromatic N) is 2. The first-order valence-electron chi connectivity index (χ1n) is 6.67. The first-order chi connectivity index (χ1) is 9.15.